The summed E-state index contributed by atoms with van der Waals surface area (Å²) >= 11 is 0.855. The minimum absolute atomic E-state index is 0.0359. The van der Waals surface area contributed by atoms with E-state index in [0.717, 1.165) is 17.1 Å². The fourth-order valence-electron chi connectivity index (χ4n) is 2.09. The van der Waals surface area contributed by atoms with Crippen LogP contribution in [0.2, 0.25) is 0 Å². The van der Waals surface area contributed by atoms with Gasteiger partial charge in [0.2, 0.25) is 14.2 Å². The molecule has 3 aromatic rings. The molecule has 8 heteroatoms. The molecule has 1 aromatic carbocycles. The average Bonchev–Trinajstić information content (AvgIpc) is 3.05. The van der Waals surface area contributed by atoms with Crippen LogP contribution in [-0.4, -0.2) is 27.7 Å². The van der Waals surface area contributed by atoms with Crippen molar-refractivity contribution in [2.45, 2.75) is 42.3 Å². The van der Waals surface area contributed by atoms with Crippen LogP contribution in [0.1, 0.15) is 32.2 Å². The number of hydrogen-bond donors (Lipinski definition) is 0. The third-order valence-electron chi connectivity index (χ3n) is 3.55. The minimum Gasteiger partial charge on any atom is -0.240 e. The third kappa shape index (κ3) is 3.59. The van der Waals surface area contributed by atoms with Gasteiger partial charge in [-0.3, -0.25) is 0 Å². The molecule has 0 bridgehead atoms. The quantitative estimate of drug-likeness (QED) is 0.698. The van der Waals surface area contributed by atoms with Gasteiger partial charge in [-0.2, -0.15) is 4.37 Å². The molecule has 2 heterocycles. The van der Waals surface area contributed by atoms with E-state index < -0.39 is 9.84 Å². The SMILES string of the molecule is Cc1ccc(S(=O)(=O)c2nc(-c3cnc(C(C)(C)C)nc3)ns2)cc1. The summed E-state index contributed by atoms with van der Waals surface area (Å²) in [7, 11) is -3.67. The maximum absolute atomic E-state index is 12.7. The topological polar surface area (TPSA) is 85.7 Å². The maximum Gasteiger partial charge on any atom is 0.235 e. The molecule has 0 aliphatic carbocycles. The lowest BCUT2D eigenvalue weighted by molar-refractivity contribution is 0.545. The van der Waals surface area contributed by atoms with E-state index in [9.17, 15) is 8.42 Å². The zero-order valence-corrected chi connectivity index (χ0v) is 16.0. The van der Waals surface area contributed by atoms with Crippen molar-refractivity contribution in [3.05, 3.63) is 48.0 Å². The van der Waals surface area contributed by atoms with Crippen molar-refractivity contribution in [3.8, 4) is 11.4 Å². The molecule has 0 unspecified atom stereocenters. The van der Waals surface area contributed by atoms with Crippen molar-refractivity contribution in [3.63, 3.8) is 0 Å². The number of hydrogen-bond acceptors (Lipinski definition) is 7. The molecular weight excluding hydrogens is 356 g/mol. The van der Waals surface area contributed by atoms with Crippen molar-refractivity contribution >= 4 is 21.4 Å². The summed E-state index contributed by atoms with van der Waals surface area (Å²) in [6.45, 7) is 7.97. The Morgan fingerprint density at radius 2 is 1.60 bits per heavy atom. The normalized spacial score (nSPS) is 12.3. The van der Waals surface area contributed by atoms with Gasteiger partial charge in [0.25, 0.3) is 0 Å². The van der Waals surface area contributed by atoms with Crippen LogP contribution in [0.3, 0.4) is 0 Å². The maximum atomic E-state index is 12.7. The molecule has 0 atom stereocenters. The second kappa shape index (κ2) is 6.27. The van der Waals surface area contributed by atoms with Gasteiger partial charge >= 0.3 is 0 Å². The largest absolute Gasteiger partial charge is 0.240 e. The highest BCUT2D eigenvalue weighted by Crippen LogP contribution is 2.26. The molecule has 130 valence electrons. The van der Waals surface area contributed by atoms with Crippen LogP contribution in [0, 0.1) is 6.92 Å². The van der Waals surface area contributed by atoms with E-state index in [0.29, 0.717) is 17.2 Å². The summed E-state index contributed by atoms with van der Waals surface area (Å²) in [6, 6.07) is 6.67. The fraction of sp³-hybridized carbons (Fsp3) is 0.294. The Morgan fingerprint density at radius 3 is 2.16 bits per heavy atom. The Balaban J connectivity index is 1.93. The van der Waals surface area contributed by atoms with Crippen LogP contribution in [-0.2, 0) is 15.3 Å². The zero-order valence-electron chi connectivity index (χ0n) is 14.4. The van der Waals surface area contributed by atoms with Crippen molar-refractivity contribution < 1.29 is 8.42 Å². The first kappa shape index (κ1) is 17.6. The first-order valence-corrected chi connectivity index (χ1v) is 9.92. The number of rotatable bonds is 3. The van der Waals surface area contributed by atoms with Crippen LogP contribution in [0.5, 0.6) is 0 Å². The van der Waals surface area contributed by atoms with Gasteiger partial charge in [-0.1, -0.05) is 38.5 Å². The summed E-state index contributed by atoms with van der Waals surface area (Å²) in [6.07, 6.45) is 3.25. The number of nitrogens with zero attached hydrogens (tertiary/aromatic N) is 4. The summed E-state index contributed by atoms with van der Waals surface area (Å²) in [5, 5.41) is 0. The van der Waals surface area contributed by atoms with Gasteiger partial charge in [-0.05, 0) is 30.6 Å². The molecule has 6 nitrogen and oxygen atoms in total. The summed E-state index contributed by atoms with van der Waals surface area (Å²) in [4.78, 5) is 13.1. The number of benzene rings is 1. The van der Waals surface area contributed by atoms with Crippen LogP contribution in [0.25, 0.3) is 11.4 Å². The lowest BCUT2D eigenvalue weighted by Gasteiger charge is -2.15. The molecule has 0 aliphatic rings. The lowest BCUT2D eigenvalue weighted by atomic mass is 9.96. The first-order chi connectivity index (χ1) is 11.7. The lowest BCUT2D eigenvalue weighted by Crippen LogP contribution is -2.15. The highest BCUT2D eigenvalue weighted by molar-refractivity contribution is 7.93. The molecule has 0 radical (unpaired) electrons. The Hall–Kier alpha value is -2.19. The molecular formula is C17H18N4O2S2. The van der Waals surface area contributed by atoms with E-state index in [1.807, 2.05) is 27.7 Å². The van der Waals surface area contributed by atoms with Crippen molar-refractivity contribution in [1.29, 1.82) is 0 Å². The van der Waals surface area contributed by atoms with Gasteiger partial charge in [0.1, 0.15) is 5.82 Å². The second-order valence-electron chi connectivity index (χ2n) is 6.75. The highest BCUT2D eigenvalue weighted by atomic mass is 32.2. The van der Waals surface area contributed by atoms with Gasteiger partial charge in [-0.25, -0.2) is 23.4 Å². The standard InChI is InChI=1S/C17H18N4O2S2/c1-11-5-7-13(8-6-11)25(22,23)16-20-14(21-24-16)12-9-18-15(19-10-12)17(2,3)4/h5-10H,1-4H3. The summed E-state index contributed by atoms with van der Waals surface area (Å²) in [5.41, 5.74) is 1.43. The molecule has 2 aromatic heterocycles. The average molecular weight is 374 g/mol. The van der Waals surface area contributed by atoms with E-state index >= 15 is 0 Å². The van der Waals surface area contributed by atoms with Gasteiger partial charge < -0.3 is 0 Å². The number of aryl methyl sites for hydroxylation is 1. The summed E-state index contributed by atoms with van der Waals surface area (Å²) in [5.74, 6) is 1.02. The molecule has 0 N–H and O–H groups in total. The van der Waals surface area contributed by atoms with E-state index in [1.165, 1.54) is 0 Å². The smallest absolute Gasteiger partial charge is 0.235 e. The van der Waals surface area contributed by atoms with Crippen LogP contribution in [0.4, 0.5) is 0 Å². The predicted octanol–water partition coefficient (Wildman–Crippen LogP) is 3.43. The molecule has 0 aliphatic heterocycles. The van der Waals surface area contributed by atoms with Crippen molar-refractivity contribution in [2.24, 2.45) is 0 Å². The number of aromatic nitrogens is 4. The molecule has 3 rings (SSSR count). The van der Waals surface area contributed by atoms with Crippen molar-refractivity contribution in [1.82, 2.24) is 19.3 Å². The highest BCUT2D eigenvalue weighted by Gasteiger charge is 2.24. The monoisotopic (exact) mass is 374 g/mol. The van der Waals surface area contributed by atoms with E-state index in [-0.39, 0.29) is 14.7 Å². The Kier molecular flexibility index (Phi) is 4.42. The fourth-order valence-corrected chi connectivity index (χ4v) is 4.22. The van der Waals surface area contributed by atoms with Crippen LogP contribution >= 0.6 is 11.5 Å². The molecule has 25 heavy (non-hydrogen) atoms. The summed E-state index contributed by atoms with van der Waals surface area (Å²) < 4.78 is 29.4. The zero-order chi connectivity index (χ0) is 18.2. The Labute approximate surface area is 151 Å². The minimum atomic E-state index is -3.67. The molecule has 0 fully saturated rings. The van der Waals surface area contributed by atoms with Gasteiger partial charge in [0, 0.05) is 17.8 Å². The van der Waals surface area contributed by atoms with Crippen LogP contribution in [0.15, 0.2) is 45.9 Å². The number of sulfone groups is 1. The second-order valence-corrected chi connectivity index (χ2v) is 9.62. The molecule has 0 amide bonds. The predicted molar refractivity (Wildman–Crippen MR) is 96.3 cm³/mol. The van der Waals surface area contributed by atoms with Crippen molar-refractivity contribution in [2.75, 3.05) is 0 Å². The van der Waals surface area contributed by atoms with Gasteiger partial charge in [0.15, 0.2) is 5.82 Å². The van der Waals surface area contributed by atoms with Crippen LogP contribution < -0.4 is 0 Å². The molecule has 0 spiro atoms. The first-order valence-electron chi connectivity index (χ1n) is 7.66. The van der Waals surface area contributed by atoms with E-state index in [1.54, 1.807) is 36.7 Å². The van der Waals surface area contributed by atoms with E-state index in [4.69, 9.17) is 0 Å². The molecule has 0 saturated heterocycles. The molecule has 0 saturated carbocycles. The third-order valence-corrected chi connectivity index (χ3v) is 6.39. The van der Waals surface area contributed by atoms with Gasteiger partial charge in [0.05, 0.1) is 10.5 Å². The van der Waals surface area contributed by atoms with Gasteiger partial charge in [-0.15, -0.1) is 0 Å². The Bertz CT molecular complexity index is 986. The van der Waals surface area contributed by atoms with E-state index in [2.05, 4.69) is 19.3 Å². The Morgan fingerprint density at radius 1 is 1.00 bits per heavy atom.